The average molecular weight is 479 g/mol. The molecule has 0 aliphatic heterocycles. The molecule has 0 radical (unpaired) electrons. The predicted molar refractivity (Wildman–Crippen MR) is 121 cm³/mol. The van der Waals surface area contributed by atoms with Crippen LogP contribution in [-0.2, 0) is 9.53 Å². The molecule has 0 saturated heterocycles. The highest BCUT2D eigenvalue weighted by molar-refractivity contribution is 9.10. The lowest BCUT2D eigenvalue weighted by Gasteiger charge is -2.06. The van der Waals surface area contributed by atoms with Crippen LogP contribution in [0, 0.1) is 18.3 Å². The fourth-order valence-electron chi connectivity index (χ4n) is 2.79. The van der Waals surface area contributed by atoms with Crippen molar-refractivity contribution in [3.05, 3.63) is 81.5 Å². The molecule has 6 nitrogen and oxygen atoms in total. The number of furan rings is 1. The van der Waals surface area contributed by atoms with E-state index in [0.29, 0.717) is 22.8 Å². The van der Waals surface area contributed by atoms with Gasteiger partial charge in [0.25, 0.3) is 5.91 Å². The van der Waals surface area contributed by atoms with Crippen molar-refractivity contribution in [2.75, 3.05) is 11.9 Å². The van der Waals surface area contributed by atoms with Gasteiger partial charge >= 0.3 is 5.97 Å². The van der Waals surface area contributed by atoms with E-state index in [0.717, 1.165) is 15.6 Å². The summed E-state index contributed by atoms with van der Waals surface area (Å²) >= 11 is 3.52. The first-order valence-electron chi connectivity index (χ1n) is 9.48. The zero-order valence-electron chi connectivity index (χ0n) is 16.9. The summed E-state index contributed by atoms with van der Waals surface area (Å²) in [5.74, 6) is -0.0233. The molecular weight excluding hydrogens is 460 g/mol. The molecular formula is C24H19BrN2O4. The lowest BCUT2D eigenvalue weighted by Crippen LogP contribution is -2.13. The molecule has 0 aliphatic rings. The predicted octanol–water partition coefficient (Wildman–Crippen LogP) is 5.74. The van der Waals surface area contributed by atoms with E-state index in [4.69, 9.17) is 9.15 Å². The van der Waals surface area contributed by atoms with Gasteiger partial charge in [0, 0.05) is 21.8 Å². The molecule has 1 N–H and O–H groups in total. The van der Waals surface area contributed by atoms with Crippen LogP contribution in [0.25, 0.3) is 17.4 Å². The number of halogens is 1. The smallest absolute Gasteiger partial charge is 0.338 e. The van der Waals surface area contributed by atoms with Crippen molar-refractivity contribution in [1.82, 2.24) is 0 Å². The van der Waals surface area contributed by atoms with Crippen LogP contribution in [0.2, 0.25) is 0 Å². The minimum atomic E-state index is -0.583. The molecule has 0 bridgehead atoms. The molecule has 1 heterocycles. The quantitative estimate of drug-likeness (QED) is 0.277. The molecule has 0 unspecified atom stereocenters. The van der Waals surface area contributed by atoms with Crippen LogP contribution in [0.5, 0.6) is 0 Å². The lowest BCUT2D eigenvalue weighted by molar-refractivity contribution is -0.112. The van der Waals surface area contributed by atoms with Gasteiger partial charge in [0.1, 0.15) is 23.2 Å². The van der Waals surface area contributed by atoms with E-state index in [1.165, 1.54) is 6.08 Å². The second kappa shape index (κ2) is 9.92. The molecule has 1 amide bonds. The Morgan fingerprint density at radius 1 is 1.16 bits per heavy atom. The van der Waals surface area contributed by atoms with Crippen LogP contribution in [0.4, 0.5) is 5.69 Å². The summed E-state index contributed by atoms with van der Waals surface area (Å²) in [7, 11) is 0. The van der Waals surface area contributed by atoms with Crippen LogP contribution in [0.1, 0.15) is 28.6 Å². The number of anilines is 1. The third-order valence-corrected chi connectivity index (χ3v) is 4.98. The molecule has 0 atom stereocenters. The van der Waals surface area contributed by atoms with Crippen LogP contribution in [0.3, 0.4) is 0 Å². The van der Waals surface area contributed by atoms with Crippen molar-refractivity contribution in [1.29, 1.82) is 5.26 Å². The van der Waals surface area contributed by atoms with Crippen molar-refractivity contribution in [2.45, 2.75) is 13.8 Å². The van der Waals surface area contributed by atoms with Crippen LogP contribution < -0.4 is 5.32 Å². The topological polar surface area (TPSA) is 92.3 Å². The Labute approximate surface area is 188 Å². The molecule has 2 aromatic carbocycles. The second-order valence-electron chi connectivity index (χ2n) is 6.61. The Kier molecular flexibility index (Phi) is 7.06. The number of nitriles is 1. The van der Waals surface area contributed by atoms with Crippen molar-refractivity contribution < 1.29 is 18.7 Å². The number of carbonyl (C=O) groups is 2. The zero-order chi connectivity index (χ0) is 22.4. The molecule has 7 heteroatoms. The van der Waals surface area contributed by atoms with Gasteiger partial charge in [-0.25, -0.2) is 4.79 Å². The molecule has 31 heavy (non-hydrogen) atoms. The van der Waals surface area contributed by atoms with Gasteiger partial charge in [0.05, 0.1) is 12.2 Å². The standard InChI is InChI=1S/C24H19BrN2O4/c1-3-30-24(29)16-5-7-18(8-6-16)27-23(28)17(14-26)13-19-9-11-22(31-19)20-10-4-15(2)12-21(20)25/h4-13H,3H2,1-2H3,(H,27,28)/b17-13+. The first kappa shape index (κ1) is 22.1. The van der Waals surface area contributed by atoms with E-state index >= 15 is 0 Å². The summed E-state index contributed by atoms with van der Waals surface area (Å²) < 4.78 is 11.6. The molecule has 0 spiro atoms. The fraction of sp³-hybridized carbons (Fsp3) is 0.125. The highest BCUT2D eigenvalue weighted by Crippen LogP contribution is 2.31. The van der Waals surface area contributed by atoms with Gasteiger partial charge in [-0.1, -0.05) is 22.0 Å². The van der Waals surface area contributed by atoms with E-state index in [1.54, 1.807) is 43.3 Å². The second-order valence-corrected chi connectivity index (χ2v) is 7.46. The summed E-state index contributed by atoms with van der Waals surface area (Å²) in [6.45, 7) is 4.00. The van der Waals surface area contributed by atoms with E-state index in [9.17, 15) is 14.9 Å². The SMILES string of the molecule is CCOC(=O)c1ccc(NC(=O)/C(C#N)=C/c2ccc(-c3ccc(C)cc3Br)o2)cc1. The number of esters is 1. The highest BCUT2D eigenvalue weighted by Gasteiger charge is 2.13. The van der Waals surface area contributed by atoms with Crippen LogP contribution in [-0.4, -0.2) is 18.5 Å². The number of nitrogens with one attached hydrogen (secondary N) is 1. The largest absolute Gasteiger partial charge is 0.462 e. The summed E-state index contributed by atoms with van der Waals surface area (Å²) in [4.78, 5) is 24.2. The molecule has 1 aromatic heterocycles. The molecule has 3 aromatic rings. The van der Waals surface area contributed by atoms with Crippen molar-refractivity contribution >= 4 is 39.6 Å². The van der Waals surface area contributed by atoms with Gasteiger partial charge in [-0.05, 0) is 67.9 Å². The first-order valence-corrected chi connectivity index (χ1v) is 10.3. The maximum atomic E-state index is 12.5. The lowest BCUT2D eigenvalue weighted by atomic mass is 10.1. The van der Waals surface area contributed by atoms with Gasteiger partial charge in [-0.3, -0.25) is 4.79 Å². The number of benzene rings is 2. The van der Waals surface area contributed by atoms with Gasteiger partial charge in [0.15, 0.2) is 0 Å². The molecule has 0 aliphatic carbocycles. The number of aryl methyl sites for hydroxylation is 1. The summed E-state index contributed by atoms with van der Waals surface area (Å²) in [5.41, 5.74) is 2.69. The number of amides is 1. The van der Waals surface area contributed by atoms with Gasteiger partial charge in [0.2, 0.25) is 0 Å². The van der Waals surface area contributed by atoms with E-state index in [1.807, 2.05) is 31.2 Å². The summed E-state index contributed by atoms with van der Waals surface area (Å²) in [5, 5.41) is 12.1. The third-order valence-electron chi connectivity index (χ3n) is 4.32. The van der Waals surface area contributed by atoms with Gasteiger partial charge in [-0.2, -0.15) is 5.26 Å². The number of ether oxygens (including phenoxy) is 1. The number of hydrogen-bond acceptors (Lipinski definition) is 5. The van der Waals surface area contributed by atoms with Crippen LogP contribution in [0.15, 0.2) is 69.1 Å². The number of nitrogens with zero attached hydrogens (tertiary/aromatic N) is 1. The minimum absolute atomic E-state index is 0.113. The first-order chi connectivity index (χ1) is 14.9. The maximum absolute atomic E-state index is 12.5. The monoisotopic (exact) mass is 478 g/mol. The Bertz CT molecular complexity index is 1190. The molecule has 3 rings (SSSR count). The fourth-order valence-corrected chi connectivity index (χ4v) is 3.48. The number of carbonyl (C=O) groups excluding carboxylic acids is 2. The van der Waals surface area contributed by atoms with Gasteiger partial charge < -0.3 is 14.5 Å². The highest BCUT2D eigenvalue weighted by atomic mass is 79.9. The zero-order valence-corrected chi connectivity index (χ0v) is 18.5. The van der Waals surface area contributed by atoms with Crippen molar-refractivity contribution in [2.24, 2.45) is 0 Å². The Balaban J connectivity index is 1.74. The molecule has 0 fully saturated rings. The summed E-state index contributed by atoms with van der Waals surface area (Å²) in [6, 6.07) is 17.5. The Morgan fingerprint density at radius 3 is 2.55 bits per heavy atom. The number of hydrogen-bond donors (Lipinski definition) is 1. The average Bonchev–Trinajstić information content (AvgIpc) is 3.21. The Morgan fingerprint density at radius 2 is 1.90 bits per heavy atom. The van der Waals surface area contributed by atoms with E-state index < -0.39 is 11.9 Å². The molecule has 0 saturated carbocycles. The third kappa shape index (κ3) is 5.50. The van der Waals surface area contributed by atoms with E-state index in [-0.39, 0.29) is 12.2 Å². The Hall–Kier alpha value is -3.63. The van der Waals surface area contributed by atoms with E-state index in [2.05, 4.69) is 21.2 Å². The summed E-state index contributed by atoms with van der Waals surface area (Å²) in [6.07, 6.45) is 1.38. The van der Waals surface area contributed by atoms with Crippen LogP contribution >= 0.6 is 15.9 Å². The van der Waals surface area contributed by atoms with Crippen molar-refractivity contribution in [3.63, 3.8) is 0 Å². The minimum Gasteiger partial charge on any atom is -0.462 e. The van der Waals surface area contributed by atoms with Crippen molar-refractivity contribution in [3.8, 4) is 17.4 Å². The maximum Gasteiger partial charge on any atom is 0.338 e. The van der Waals surface area contributed by atoms with Gasteiger partial charge in [-0.15, -0.1) is 0 Å². The normalized spacial score (nSPS) is 11.0. The number of rotatable bonds is 6. The molecule has 156 valence electrons.